The van der Waals surface area contributed by atoms with E-state index in [-0.39, 0.29) is 23.3 Å². The Balaban J connectivity index is 3.22. The zero-order chi connectivity index (χ0) is 10.3. The smallest absolute Gasteiger partial charge is 0.300 e. The highest BCUT2D eigenvalue weighted by Gasteiger charge is 2.27. The van der Waals surface area contributed by atoms with Crippen LogP contribution in [0, 0.1) is 0 Å². The fraction of sp³-hybridized carbons (Fsp3) is 0.875. The van der Waals surface area contributed by atoms with E-state index < -0.39 is 5.51 Å². The molecule has 0 fully saturated rings. The van der Waals surface area contributed by atoms with Crippen LogP contribution >= 0.6 is 11.8 Å². The summed E-state index contributed by atoms with van der Waals surface area (Å²) in [6.45, 7) is 1.76. The molecule has 5 heteroatoms. The van der Waals surface area contributed by atoms with Gasteiger partial charge in [-0.1, -0.05) is 18.7 Å². The highest BCUT2D eigenvalue weighted by atomic mass is 32.2. The number of carbonyl (C=O) groups excluding carboxylic acids is 1. The van der Waals surface area contributed by atoms with Gasteiger partial charge in [0.2, 0.25) is 0 Å². The Morgan fingerprint density at radius 3 is 2.38 bits per heavy atom. The van der Waals surface area contributed by atoms with E-state index in [1.165, 1.54) is 0 Å². The van der Waals surface area contributed by atoms with Crippen molar-refractivity contribution < 1.29 is 18.0 Å². The molecular formula is C8H13F3OS. The van der Waals surface area contributed by atoms with Gasteiger partial charge in [0.25, 0.3) is 0 Å². The predicted molar refractivity (Wildman–Crippen MR) is 47.7 cm³/mol. The first-order chi connectivity index (χ1) is 5.95. The van der Waals surface area contributed by atoms with Gasteiger partial charge < -0.3 is 0 Å². The van der Waals surface area contributed by atoms with Gasteiger partial charge >= 0.3 is 5.51 Å². The molecule has 0 aliphatic heterocycles. The topological polar surface area (TPSA) is 17.1 Å². The molecule has 0 aliphatic rings. The fourth-order valence-corrected chi connectivity index (χ4v) is 1.37. The number of hydrogen-bond acceptors (Lipinski definition) is 2. The number of Topliss-reactive ketones (excluding diaryl/α,β-unsaturated/α-hetero) is 1. The van der Waals surface area contributed by atoms with Gasteiger partial charge in [-0.3, -0.25) is 4.79 Å². The summed E-state index contributed by atoms with van der Waals surface area (Å²) in [5, 5.41) is 0. The molecule has 0 atom stereocenters. The van der Waals surface area contributed by atoms with Crippen LogP contribution in [-0.4, -0.2) is 17.0 Å². The second-order valence-electron chi connectivity index (χ2n) is 2.64. The number of hydrogen-bond donors (Lipinski definition) is 0. The highest BCUT2D eigenvalue weighted by Crippen LogP contribution is 2.30. The SMILES string of the molecule is CCC(=O)CCCCSC(F)(F)F. The Bertz CT molecular complexity index is 156. The first-order valence-corrected chi connectivity index (χ1v) is 5.16. The summed E-state index contributed by atoms with van der Waals surface area (Å²) in [4.78, 5) is 10.7. The molecule has 13 heavy (non-hydrogen) atoms. The second kappa shape index (κ2) is 6.29. The van der Waals surface area contributed by atoms with Crippen molar-refractivity contribution in [1.29, 1.82) is 0 Å². The molecule has 1 nitrogen and oxygen atoms in total. The molecule has 0 aliphatic carbocycles. The second-order valence-corrected chi connectivity index (χ2v) is 3.80. The van der Waals surface area contributed by atoms with E-state index in [1.807, 2.05) is 0 Å². The van der Waals surface area contributed by atoms with Crippen molar-refractivity contribution in [3.8, 4) is 0 Å². The van der Waals surface area contributed by atoms with Crippen LogP contribution in [0.3, 0.4) is 0 Å². The average Bonchev–Trinajstić information content (AvgIpc) is 2.01. The van der Waals surface area contributed by atoms with Crippen LogP contribution < -0.4 is 0 Å². The lowest BCUT2D eigenvalue weighted by molar-refractivity contribution is -0.118. The van der Waals surface area contributed by atoms with Crippen LogP contribution in [0.4, 0.5) is 13.2 Å². The van der Waals surface area contributed by atoms with Gasteiger partial charge in [0.15, 0.2) is 0 Å². The molecule has 0 aromatic carbocycles. The summed E-state index contributed by atoms with van der Waals surface area (Å²) in [5.41, 5.74) is -4.13. The number of halogens is 3. The van der Waals surface area contributed by atoms with Crippen LogP contribution in [0.5, 0.6) is 0 Å². The monoisotopic (exact) mass is 214 g/mol. The summed E-state index contributed by atoms with van der Waals surface area (Å²) in [6, 6.07) is 0. The first-order valence-electron chi connectivity index (χ1n) is 4.18. The Morgan fingerprint density at radius 2 is 1.92 bits per heavy atom. The molecule has 0 aromatic rings. The minimum absolute atomic E-state index is 0.0185. The van der Waals surface area contributed by atoms with Gasteiger partial charge in [0.1, 0.15) is 5.78 Å². The Hall–Kier alpha value is -0.190. The van der Waals surface area contributed by atoms with Crippen LogP contribution in [0.1, 0.15) is 32.6 Å². The number of thioether (sulfide) groups is 1. The number of unbranched alkanes of at least 4 members (excludes halogenated alkanes) is 1. The lowest BCUT2D eigenvalue weighted by Crippen LogP contribution is -2.02. The van der Waals surface area contributed by atoms with Crippen molar-refractivity contribution in [2.45, 2.75) is 38.1 Å². The zero-order valence-corrected chi connectivity index (χ0v) is 8.30. The Morgan fingerprint density at radius 1 is 1.31 bits per heavy atom. The van der Waals surface area contributed by atoms with E-state index >= 15 is 0 Å². The van der Waals surface area contributed by atoms with Gasteiger partial charge in [0.05, 0.1) is 0 Å². The van der Waals surface area contributed by atoms with E-state index in [1.54, 1.807) is 6.92 Å². The van der Waals surface area contributed by atoms with E-state index in [2.05, 4.69) is 0 Å². The van der Waals surface area contributed by atoms with Crippen molar-refractivity contribution in [2.75, 3.05) is 5.75 Å². The summed E-state index contributed by atoms with van der Waals surface area (Å²) in [5.74, 6) is 0.178. The van der Waals surface area contributed by atoms with Gasteiger partial charge in [-0.25, -0.2) is 0 Å². The molecule has 0 saturated heterocycles. The van der Waals surface area contributed by atoms with Crippen molar-refractivity contribution in [3.05, 3.63) is 0 Å². The lowest BCUT2D eigenvalue weighted by atomic mass is 10.1. The summed E-state index contributed by atoms with van der Waals surface area (Å²) in [7, 11) is 0. The van der Waals surface area contributed by atoms with Gasteiger partial charge in [0, 0.05) is 18.6 Å². The standard InChI is InChI=1S/C8H13F3OS/c1-2-7(12)5-3-4-6-13-8(9,10)11/h2-6H2,1H3. The molecule has 0 amide bonds. The molecule has 0 bridgehead atoms. The number of alkyl halides is 3. The highest BCUT2D eigenvalue weighted by molar-refractivity contribution is 8.00. The van der Waals surface area contributed by atoms with Gasteiger partial charge in [-0.2, -0.15) is 13.2 Å². The van der Waals surface area contributed by atoms with Crippen molar-refractivity contribution in [2.24, 2.45) is 0 Å². The van der Waals surface area contributed by atoms with E-state index in [0.717, 1.165) is 0 Å². The molecule has 0 heterocycles. The van der Waals surface area contributed by atoms with E-state index in [0.29, 0.717) is 25.7 Å². The van der Waals surface area contributed by atoms with Crippen molar-refractivity contribution in [1.82, 2.24) is 0 Å². The zero-order valence-electron chi connectivity index (χ0n) is 7.49. The Kier molecular flexibility index (Phi) is 6.20. The van der Waals surface area contributed by atoms with Gasteiger partial charge in [-0.15, -0.1) is 0 Å². The molecule has 0 N–H and O–H groups in total. The molecular weight excluding hydrogens is 201 g/mol. The van der Waals surface area contributed by atoms with Crippen molar-refractivity contribution >= 4 is 17.5 Å². The minimum Gasteiger partial charge on any atom is -0.300 e. The van der Waals surface area contributed by atoms with Gasteiger partial charge in [-0.05, 0) is 12.8 Å². The van der Waals surface area contributed by atoms with Crippen molar-refractivity contribution in [3.63, 3.8) is 0 Å². The van der Waals surface area contributed by atoms with Crippen LogP contribution in [-0.2, 0) is 4.79 Å². The molecule has 0 rings (SSSR count). The Labute approximate surface area is 80.1 Å². The quantitative estimate of drug-likeness (QED) is 0.630. The molecule has 0 saturated carbocycles. The summed E-state index contributed by atoms with van der Waals surface area (Å²) >= 11 is -0.0185. The summed E-state index contributed by atoms with van der Waals surface area (Å²) in [6.07, 6.45) is 1.91. The van der Waals surface area contributed by atoms with Crippen LogP contribution in [0.15, 0.2) is 0 Å². The first kappa shape index (κ1) is 12.8. The molecule has 0 aromatic heterocycles. The third-order valence-electron chi connectivity index (χ3n) is 1.51. The minimum atomic E-state index is -4.13. The van der Waals surface area contributed by atoms with Crippen LogP contribution in [0.25, 0.3) is 0 Å². The molecule has 0 unspecified atom stereocenters. The normalized spacial score (nSPS) is 11.7. The summed E-state index contributed by atoms with van der Waals surface area (Å²) < 4.78 is 34.8. The maximum absolute atomic E-state index is 11.6. The predicted octanol–water partition coefficient (Wildman–Crippen LogP) is 3.39. The molecule has 78 valence electrons. The largest absolute Gasteiger partial charge is 0.441 e. The fourth-order valence-electron chi connectivity index (χ4n) is 0.789. The molecule has 0 spiro atoms. The third kappa shape index (κ3) is 9.73. The third-order valence-corrected chi connectivity index (χ3v) is 2.33. The number of rotatable bonds is 6. The van der Waals surface area contributed by atoms with E-state index in [9.17, 15) is 18.0 Å². The lowest BCUT2D eigenvalue weighted by Gasteiger charge is -2.04. The average molecular weight is 214 g/mol. The maximum atomic E-state index is 11.6. The number of carbonyl (C=O) groups is 1. The number of ketones is 1. The van der Waals surface area contributed by atoms with Crippen LogP contribution in [0.2, 0.25) is 0 Å². The molecule has 0 radical (unpaired) electrons. The van der Waals surface area contributed by atoms with E-state index in [4.69, 9.17) is 0 Å². The maximum Gasteiger partial charge on any atom is 0.441 e.